The number of rotatable bonds is 6. The highest BCUT2D eigenvalue weighted by atomic mass is 16.4. The molecular weight excluding hydrogens is 250 g/mol. The normalized spacial score (nSPS) is 15.0. The molecule has 108 valence electrons. The predicted molar refractivity (Wildman–Crippen MR) is 68.6 cm³/mol. The fourth-order valence-corrected chi connectivity index (χ4v) is 1.76. The van der Waals surface area contributed by atoms with Gasteiger partial charge in [0.2, 0.25) is 5.91 Å². The third-order valence-corrected chi connectivity index (χ3v) is 2.82. The summed E-state index contributed by atoms with van der Waals surface area (Å²) in [5, 5.41) is 13.8. The minimum Gasteiger partial charge on any atom is -0.481 e. The van der Waals surface area contributed by atoms with E-state index in [0.717, 1.165) is 0 Å². The van der Waals surface area contributed by atoms with Gasteiger partial charge in [-0.05, 0) is 5.92 Å². The maximum atomic E-state index is 11.6. The number of carbonyl (C=O) groups excluding carboxylic acids is 2. The Kier molecular flexibility index (Phi) is 5.59. The number of urea groups is 1. The Bertz CT molecular complexity index is 351. The molecule has 3 N–H and O–H groups in total. The molecule has 3 amide bonds. The lowest BCUT2D eigenvalue weighted by atomic mass is 9.97. The Morgan fingerprint density at radius 1 is 1.26 bits per heavy atom. The summed E-state index contributed by atoms with van der Waals surface area (Å²) in [5.74, 6) is -0.674. The molecule has 0 radical (unpaired) electrons. The third-order valence-electron chi connectivity index (χ3n) is 2.82. The number of hydrogen-bond acceptors (Lipinski definition) is 3. The Labute approximate surface area is 112 Å². The van der Waals surface area contributed by atoms with Gasteiger partial charge in [0.05, 0.1) is 13.0 Å². The molecule has 7 heteroatoms. The lowest BCUT2D eigenvalue weighted by Crippen LogP contribution is -2.55. The van der Waals surface area contributed by atoms with Gasteiger partial charge in [0.25, 0.3) is 0 Å². The van der Waals surface area contributed by atoms with Crippen molar-refractivity contribution < 1.29 is 19.5 Å². The van der Waals surface area contributed by atoms with E-state index in [0.29, 0.717) is 25.6 Å². The van der Waals surface area contributed by atoms with E-state index in [9.17, 15) is 14.4 Å². The van der Waals surface area contributed by atoms with Crippen LogP contribution in [0.15, 0.2) is 0 Å². The van der Waals surface area contributed by atoms with Gasteiger partial charge >= 0.3 is 12.0 Å². The summed E-state index contributed by atoms with van der Waals surface area (Å²) >= 11 is 0. The van der Waals surface area contributed by atoms with Gasteiger partial charge in [0.1, 0.15) is 0 Å². The van der Waals surface area contributed by atoms with E-state index >= 15 is 0 Å². The topological polar surface area (TPSA) is 98.7 Å². The lowest BCUT2D eigenvalue weighted by molar-refractivity contribution is -0.139. The molecule has 0 spiro atoms. The van der Waals surface area contributed by atoms with Crippen molar-refractivity contribution in [3.63, 3.8) is 0 Å². The van der Waals surface area contributed by atoms with Gasteiger partial charge in [-0.15, -0.1) is 0 Å². The van der Waals surface area contributed by atoms with Crippen molar-refractivity contribution in [2.24, 2.45) is 11.8 Å². The van der Waals surface area contributed by atoms with Crippen LogP contribution in [0.1, 0.15) is 20.3 Å². The maximum Gasteiger partial charge on any atom is 0.317 e. The van der Waals surface area contributed by atoms with Gasteiger partial charge in [-0.2, -0.15) is 0 Å². The fraction of sp³-hybridized carbons (Fsp3) is 0.750. The standard InChI is InChI=1S/C12H21N3O4/c1-8(2)4-13-10(16)5-14-12(19)15-6-9(7-15)3-11(17)18/h8-9H,3-7H2,1-2H3,(H,13,16)(H,14,19)(H,17,18). The van der Waals surface area contributed by atoms with Gasteiger partial charge in [0.15, 0.2) is 0 Å². The van der Waals surface area contributed by atoms with E-state index in [1.807, 2.05) is 13.8 Å². The fourth-order valence-electron chi connectivity index (χ4n) is 1.76. The molecule has 1 saturated heterocycles. The zero-order valence-electron chi connectivity index (χ0n) is 11.3. The number of amides is 3. The lowest BCUT2D eigenvalue weighted by Gasteiger charge is -2.38. The van der Waals surface area contributed by atoms with E-state index < -0.39 is 5.97 Å². The quantitative estimate of drug-likeness (QED) is 0.627. The number of hydrogen-bond donors (Lipinski definition) is 3. The molecule has 0 aromatic heterocycles. The summed E-state index contributed by atoms with van der Waals surface area (Å²) in [6.07, 6.45) is 0.0820. The Balaban J connectivity index is 2.12. The van der Waals surface area contributed by atoms with Crippen LogP contribution in [-0.4, -0.2) is 54.1 Å². The van der Waals surface area contributed by atoms with E-state index in [2.05, 4.69) is 10.6 Å². The van der Waals surface area contributed by atoms with Crippen LogP contribution in [0.5, 0.6) is 0 Å². The van der Waals surface area contributed by atoms with Crippen molar-refractivity contribution in [3.8, 4) is 0 Å². The van der Waals surface area contributed by atoms with Crippen LogP contribution in [-0.2, 0) is 9.59 Å². The molecule has 0 aromatic rings. The molecule has 7 nitrogen and oxygen atoms in total. The molecule has 0 aromatic carbocycles. The second kappa shape index (κ2) is 6.96. The van der Waals surface area contributed by atoms with Gasteiger partial charge < -0.3 is 20.6 Å². The van der Waals surface area contributed by atoms with Crippen LogP contribution in [0.25, 0.3) is 0 Å². The minimum absolute atomic E-state index is 0.0259. The van der Waals surface area contributed by atoms with Crippen molar-refractivity contribution >= 4 is 17.9 Å². The first-order valence-electron chi connectivity index (χ1n) is 6.39. The largest absolute Gasteiger partial charge is 0.481 e. The number of likely N-dealkylation sites (tertiary alicyclic amines) is 1. The zero-order chi connectivity index (χ0) is 14.4. The molecule has 1 fully saturated rings. The summed E-state index contributed by atoms with van der Waals surface area (Å²) in [5.41, 5.74) is 0. The van der Waals surface area contributed by atoms with Crippen LogP contribution in [0.3, 0.4) is 0 Å². The summed E-state index contributed by atoms with van der Waals surface area (Å²) < 4.78 is 0. The summed E-state index contributed by atoms with van der Waals surface area (Å²) in [6.45, 7) is 5.38. The molecule has 0 atom stereocenters. The molecule has 1 aliphatic heterocycles. The number of carboxylic acid groups (broad SMARTS) is 1. The molecule has 1 heterocycles. The minimum atomic E-state index is -0.849. The molecule has 0 saturated carbocycles. The van der Waals surface area contributed by atoms with Crippen LogP contribution >= 0.6 is 0 Å². The molecule has 1 aliphatic rings. The first-order valence-corrected chi connectivity index (χ1v) is 6.39. The first-order chi connectivity index (χ1) is 8.88. The average molecular weight is 271 g/mol. The number of aliphatic carboxylic acids is 1. The molecule has 0 aliphatic carbocycles. The highest BCUT2D eigenvalue weighted by molar-refractivity contribution is 5.84. The molecule has 0 unspecified atom stereocenters. The number of carboxylic acids is 1. The Morgan fingerprint density at radius 2 is 1.89 bits per heavy atom. The maximum absolute atomic E-state index is 11.6. The Morgan fingerprint density at radius 3 is 2.42 bits per heavy atom. The first kappa shape index (κ1) is 15.3. The molecular formula is C12H21N3O4. The smallest absolute Gasteiger partial charge is 0.317 e. The van der Waals surface area contributed by atoms with Gasteiger partial charge in [-0.25, -0.2) is 4.79 Å². The van der Waals surface area contributed by atoms with E-state index in [4.69, 9.17) is 5.11 Å². The van der Waals surface area contributed by atoms with Gasteiger partial charge in [0, 0.05) is 25.6 Å². The van der Waals surface area contributed by atoms with E-state index in [1.165, 1.54) is 4.90 Å². The highest BCUT2D eigenvalue weighted by Gasteiger charge is 2.31. The molecule has 19 heavy (non-hydrogen) atoms. The van der Waals surface area contributed by atoms with Crippen molar-refractivity contribution in [3.05, 3.63) is 0 Å². The molecule has 0 bridgehead atoms. The van der Waals surface area contributed by atoms with Gasteiger partial charge in [-0.3, -0.25) is 9.59 Å². The Hall–Kier alpha value is -1.79. The van der Waals surface area contributed by atoms with Crippen molar-refractivity contribution in [2.45, 2.75) is 20.3 Å². The van der Waals surface area contributed by atoms with Crippen LogP contribution in [0.2, 0.25) is 0 Å². The number of carbonyl (C=O) groups is 3. The summed E-state index contributed by atoms with van der Waals surface area (Å²) in [4.78, 5) is 34.9. The summed E-state index contributed by atoms with van der Waals surface area (Å²) in [6, 6.07) is -0.318. The SMILES string of the molecule is CC(C)CNC(=O)CNC(=O)N1CC(CC(=O)O)C1. The third kappa shape index (κ3) is 5.58. The van der Waals surface area contributed by atoms with Crippen LogP contribution in [0.4, 0.5) is 4.79 Å². The van der Waals surface area contributed by atoms with Crippen molar-refractivity contribution in [1.82, 2.24) is 15.5 Å². The van der Waals surface area contributed by atoms with E-state index in [1.54, 1.807) is 0 Å². The predicted octanol–water partition coefficient (Wildman–Crippen LogP) is -0.125. The zero-order valence-corrected chi connectivity index (χ0v) is 11.3. The van der Waals surface area contributed by atoms with Gasteiger partial charge in [-0.1, -0.05) is 13.8 Å². The van der Waals surface area contributed by atoms with E-state index in [-0.39, 0.29) is 30.8 Å². The van der Waals surface area contributed by atoms with Crippen LogP contribution < -0.4 is 10.6 Å². The average Bonchev–Trinajstić information content (AvgIpc) is 2.27. The van der Waals surface area contributed by atoms with Crippen molar-refractivity contribution in [1.29, 1.82) is 0 Å². The van der Waals surface area contributed by atoms with Crippen LogP contribution in [0, 0.1) is 11.8 Å². The highest BCUT2D eigenvalue weighted by Crippen LogP contribution is 2.18. The second-order valence-corrected chi connectivity index (χ2v) is 5.23. The number of nitrogens with zero attached hydrogens (tertiary/aromatic N) is 1. The van der Waals surface area contributed by atoms with Crippen molar-refractivity contribution in [2.75, 3.05) is 26.2 Å². The second-order valence-electron chi connectivity index (χ2n) is 5.23. The monoisotopic (exact) mass is 271 g/mol. The summed E-state index contributed by atoms with van der Waals surface area (Å²) in [7, 11) is 0. The number of nitrogens with one attached hydrogen (secondary N) is 2. The molecule has 1 rings (SSSR count).